The average molecular weight is 138 g/mol. The van der Waals surface area contributed by atoms with E-state index in [2.05, 4.69) is 32.1 Å². The zero-order valence-corrected chi connectivity index (χ0v) is 7.00. The molecule has 0 aliphatic rings. The molecule has 0 radical (unpaired) electrons. The fourth-order valence-electron chi connectivity index (χ4n) is 0.425. The molecular weight excluding hydrogens is 127 g/mol. The molecule has 0 rings (SSSR count). The number of hydrogen-bond donors (Lipinski definition) is 0. The van der Waals surface area contributed by atoms with Gasteiger partial charge in [0.25, 0.3) is 0 Å². The molecule has 0 spiro atoms. The Kier molecular flexibility index (Phi) is 2.76. The van der Waals surface area contributed by atoms with Crippen LogP contribution >= 0.6 is 7.92 Å². The summed E-state index contributed by atoms with van der Waals surface area (Å²) >= 11 is 0. The number of rotatable bonds is 0. The zero-order valence-electron chi connectivity index (χ0n) is 6.10. The molecule has 0 aliphatic carbocycles. The van der Waals surface area contributed by atoms with Crippen LogP contribution in [0.3, 0.4) is 0 Å². The lowest BCUT2D eigenvalue weighted by atomic mass is 10.3. The number of terminal acetylenes is 2. The molecule has 48 valence electrons. The van der Waals surface area contributed by atoms with Gasteiger partial charge in [0, 0.05) is 5.16 Å². The van der Waals surface area contributed by atoms with Crippen molar-refractivity contribution in [2.45, 2.75) is 25.9 Å². The van der Waals surface area contributed by atoms with Crippen LogP contribution < -0.4 is 0 Å². The van der Waals surface area contributed by atoms with Crippen molar-refractivity contribution in [3.05, 3.63) is 0 Å². The third-order valence-electron chi connectivity index (χ3n) is 0.929. The predicted molar refractivity (Wildman–Crippen MR) is 44.3 cm³/mol. The van der Waals surface area contributed by atoms with Crippen molar-refractivity contribution < 1.29 is 0 Å². The van der Waals surface area contributed by atoms with Gasteiger partial charge < -0.3 is 0 Å². The number of hydrogen-bond acceptors (Lipinski definition) is 0. The van der Waals surface area contributed by atoms with Crippen molar-refractivity contribution in [2.24, 2.45) is 0 Å². The molecule has 9 heavy (non-hydrogen) atoms. The van der Waals surface area contributed by atoms with Crippen molar-refractivity contribution in [3.8, 4) is 24.2 Å². The third kappa shape index (κ3) is 2.55. The normalized spacial score (nSPS) is 10.4. The van der Waals surface area contributed by atoms with Gasteiger partial charge in [-0.25, -0.2) is 0 Å². The fourth-order valence-corrected chi connectivity index (χ4v) is 1.27. The molecule has 0 aliphatic heterocycles. The largest absolute Gasteiger partial charge is 0.114 e. The summed E-state index contributed by atoms with van der Waals surface area (Å²) in [6.07, 6.45) is 10.4. The molecule has 1 heteroatoms. The van der Waals surface area contributed by atoms with E-state index >= 15 is 0 Å². The van der Waals surface area contributed by atoms with E-state index in [0.29, 0.717) is 0 Å². The van der Waals surface area contributed by atoms with Gasteiger partial charge in [-0.1, -0.05) is 32.1 Å². The van der Waals surface area contributed by atoms with E-state index in [1.807, 2.05) is 0 Å². The lowest BCUT2D eigenvalue weighted by molar-refractivity contribution is 0.794. The molecule has 0 N–H and O–H groups in total. The summed E-state index contributed by atoms with van der Waals surface area (Å²) in [7, 11) is -0.642. The topological polar surface area (TPSA) is 0 Å². The molecule has 0 unspecified atom stereocenters. The minimum Gasteiger partial charge on any atom is -0.114 e. The summed E-state index contributed by atoms with van der Waals surface area (Å²) in [6, 6.07) is 0. The van der Waals surface area contributed by atoms with E-state index in [-0.39, 0.29) is 5.16 Å². The van der Waals surface area contributed by atoms with E-state index < -0.39 is 7.92 Å². The maximum Gasteiger partial charge on any atom is 0.0550 e. The van der Waals surface area contributed by atoms with Crippen molar-refractivity contribution in [1.82, 2.24) is 0 Å². The lowest BCUT2D eigenvalue weighted by Crippen LogP contribution is -2.08. The van der Waals surface area contributed by atoms with Crippen molar-refractivity contribution in [3.63, 3.8) is 0 Å². The van der Waals surface area contributed by atoms with Crippen LogP contribution in [0.1, 0.15) is 20.8 Å². The van der Waals surface area contributed by atoms with E-state index in [1.54, 1.807) is 0 Å². The predicted octanol–water partition coefficient (Wildman–Crippen LogP) is 2.45. The Labute approximate surface area is 58.8 Å². The highest BCUT2D eigenvalue weighted by Gasteiger charge is 2.19. The molecule has 0 fully saturated rings. The molecule has 0 atom stereocenters. The van der Waals surface area contributed by atoms with Crippen LogP contribution in [-0.4, -0.2) is 5.16 Å². The van der Waals surface area contributed by atoms with E-state index in [0.717, 1.165) is 0 Å². The van der Waals surface area contributed by atoms with Gasteiger partial charge in [0.05, 0.1) is 7.92 Å². The molecule has 0 aromatic carbocycles. The summed E-state index contributed by atoms with van der Waals surface area (Å²) in [5.41, 5.74) is 5.24. The summed E-state index contributed by atoms with van der Waals surface area (Å²) in [5.74, 6) is 0. The van der Waals surface area contributed by atoms with Gasteiger partial charge in [-0.05, 0) is 0 Å². The van der Waals surface area contributed by atoms with E-state index in [1.165, 1.54) is 0 Å². The summed E-state index contributed by atoms with van der Waals surface area (Å²) < 4.78 is 0. The monoisotopic (exact) mass is 138 g/mol. The first-order valence-electron chi connectivity index (χ1n) is 2.75. The molecule has 0 amide bonds. The van der Waals surface area contributed by atoms with Gasteiger partial charge in [-0.2, -0.15) is 0 Å². The first-order valence-corrected chi connectivity index (χ1v) is 4.09. The first-order chi connectivity index (χ1) is 4.02. The second-order valence-electron chi connectivity index (χ2n) is 2.76. The smallest absolute Gasteiger partial charge is 0.0550 e. The Balaban J connectivity index is 4.23. The van der Waals surface area contributed by atoms with Gasteiger partial charge in [0.2, 0.25) is 0 Å². The highest BCUT2D eigenvalue weighted by atomic mass is 31.1. The fraction of sp³-hybridized carbons (Fsp3) is 0.500. The Bertz CT molecular complexity index is 146. The quantitative estimate of drug-likeness (QED) is 0.356. The minimum atomic E-state index is -0.642. The van der Waals surface area contributed by atoms with Gasteiger partial charge in [0.15, 0.2) is 0 Å². The average Bonchev–Trinajstić information content (AvgIpc) is 1.65. The van der Waals surface area contributed by atoms with Gasteiger partial charge in [-0.15, -0.1) is 12.8 Å². The Morgan fingerprint density at radius 3 is 1.44 bits per heavy atom. The maximum atomic E-state index is 5.21. The Hall–Kier alpha value is -0.450. The molecular formula is C8H11P. The molecule has 0 aromatic rings. The van der Waals surface area contributed by atoms with Gasteiger partial charge in [-0.3, -0.25) is 0 Å². The van der Waals surface area contributed by atoms with Gasteiger partial charge in [0.1, 0.15) is 0 Å². The molecule has 0 saturated heterocycles. The highest BCUT2D eigenvalue weighted by Crippen LogP contribution is 2.46. The van der Waals surface area contributed by atoms with Crippen molar-refractivity contribution >= 4 is 7.92 Å². The first kappa shape index (κ1) is 8.55. The third-order valence-corrected chi connectivity index (χ3v) is 2.79. The molecule has 0 nitrogen and oxygen atoms in total. The molecule has 0 saturated carbocycles. The molecule has 0 aromatic heterocycles. The van der Waals surface area contributed by atoms with Crippen LogP contribution in [0.25, 0.3) is 0 Å². The second-order valence-corrected chi connectivity index (χ2v) is 5.29. The maximum absolute atomic E-state index is 5.21. The standard InChI is InChI=1S/C8H11P/c1-6-9(7-2)8(3,4)5/h1-2H,3-5H3. The van der Waals surface area contributed by atoms with Crippen LogP contribution in [0.2, 0.25) is 0 Å². The second kappa shape index (κ2) is 2.91. The SMILES string of the molecule is C#CP(C#C)C(C)(C)C. The summed E-state index contributed by atoms with van der Waals surface area (Å²) in [4.78, 5) is 0. The van der Waals surface area contributed by atoms with Crippen LogP contribution in [0.5, 0.6) is 0 Å². The Morgan fingerprint density at radius 2 is 1.44 bits per heavy atom. The van der Waals surface area contributed by atoms with Crippen LogP contribution in [0.4, 0.5) is 0 Å². The highest BCUT2D eigenvalue weighted by molar-refractivity contribution is 7.69. The summed E-state index contributed by atoms with van der Waals surface area (Å²) in [6.45, 7) is 6.20. The van der Waals surface area contributed by atoms with Crippen molar-refractivity contribution in [2.75, 3.05) is 0 Å². The van der Waals surface area contributed by atoms with E-state index in [4.69, 9.17) is 12.8 Å². The minimum absolute atomic E-state index is 0.110. The van der Waals surface area contributed by atoms with Crippen molar-refractivity contribution in [1.29, 1.82) is 0 Å². The molecule has 0 heterocycles. The Morgan fingerprint density at radius 1 is 1.11 bits per heavy atom. The summed E-state index contributed by atoms with van der Waals surface area (Å²) in [5, 5.41) is 0.110. The van der Waals surface area contributed by atoms with Crippen LogP contribution in [0.15, 0.2) is 0 Å². The van der Waals surface area contributed by atoms with E-state index in [9.17, 15) is 0 Å². The zero-order chi connectivity index (χ0) is 7.49. The molecule has 0 bridgehead atoms. The van der Waals surface area contributed by atoms with Crippen LogP contribution in [0, 0.1) is 24.2 Å². The van der Waals surface area contributed by atoms with Crippen LogP contribution in [-0.2, 0) is 0 Å². The van der Waals surface area contributed by atoms with Gasteiger partial charge >= 0.3 is 0 Å². The lowest BCUT2D eigenvalue weighted by Gasteiger charge is -2.20.